The number of aryl methyl sites for hydroxylation is 1. The fourth-order valence-corrected chi connectivity index (χ4v) is 2.31. The highest BCUT2D eigenvalue weighted by molar-refractivity contribution is 4.94. The first kappa shape index (κ1) is 15.1. The second-order valence-corrected chi connectivity index (χ2v) is 5.20. The Bertz CT molecular complexity index is 340. The lowest BCUT2D eigenvalue weighted by Gasteiger charge is -2.01. The Balaban J connectivity index is 1.83. The van der Waals surface area contributed by atoms with E-state index in [2.05, 4.69) is 16.9 Å². The zero-order valence-corrected chi connectivity index (χ0v) is 11.8. The smallest absolute Gasteiger partial charge is 0.313 e. The van der Waals surface area contributed by atoms with Crippen molar-refractivity contribution in [2.75, 3.05) is 0 Å². The molecule has 2 N–H and O–H groups in total. The highest BCUT2D eigenvalue weighted by Gasteiger charge is 1.96. The van der Waals surface area contributed by atoms with Crippen LogP contribution < -0.4 is 5.69 Å². The van der Waals surface area contributed by atoms with Crippen LogP contribution in [0, 0.1) is 0 Å². The Kier molecular flexibility index (Phi) is 8.36. The van der Waals surface area contributed by atoms with Gasteiger partial charge in [0.1, 0.15) is 0 Å². The molecule has 1 heterocycles. The maximum absolute atomic E-state index is 10.9. The van der Waals surface area contributed by atoms with Crippen molar-refractivity contribution in [3.05, 3.63) is 22.4 Å². The predicted octanol–water partition coefficient (Wildman–Crippen LogP) is 4.17. The van der Waals surface area contributed by atoms with Gasteiger partial charge >= 0.3 is 5.69 Å². The van der Waals surface area contributed by atoms with Gasteiger partial charge in [-0.05, 0) is 12.8 Å². The van der Waals surface area contributed by atoms with E-state index < -0.39 is 0 Å². The minimum Gasteiger partial charge on any atom is -0.313 e. The van der Waals surface area contributed by atoms with Gasteiger partial charge in [-0.2, -0.15) is 0 Å². The summed E-state index contributed by atoms with van der Waals surface area (Å²) < 4.78 is 0. The van der Waals surface area contributed by atoms with Gasteiger partial charge in [0, 0.05) is 11.9 Å². The van der Waals surface area contributed by atoms with E-state index in [1.165, 1.54) is 64.2 Å². The molecule has 0 fully saturated rings. The number of aromatic amines is 2. The van der Waals surface area contributed by atoms with Crippen LogP contribution in [0.15, 0.2) is 11.0 Å². The highest BCUT2D eigenvalue weighted by Crippen LogP contribution is 2.11. The standard InChI is InChI=1S/C15H28N2O/c1-2-3-4-5-6-7-8-9-10-11-12-14-13-16-15(18)17-14/h13H,2-12H2,1H3,(H2,16,17,18). The van der Waals surface area contributed by atoms with Gasteiger partial charge in [-0.15, -0.1) is 0 Å². The molecule has 18 heavy (non-hydrogen) atoms. The highest BCUT2D eigenvalue weighted by atomic mass is 16.1. The maximum atomic E-state index is 10.9. The average Bonchev–Trinajstić information content (AvgIpc) is 2.77. The summed E-state index contributed by atoms with van der Waals surface area (Å²) in [6.07, 6.45) is 16.3. The van der Waals surface area contributed by atoms with E-state index in [0.29, 0.717) is 0 Å². The number of hydrogen-bond donors (Lipinski definition) is 2. The second-order valence-electron chi connectivity index (χ2n) is 5.20. The Morgan fingerprint density at radius 1 is 0.889 bits per heavy atom. The fraction of sp³-hybridized carbons (Fsp3) is 0.800. The molecule has 3 heteroatoms. The number of unbranched alkanes of at least 4 members (excludes halogenated alkanes) is 9. The summed E-state index contributed by atoms with van der Waals surface area (Å²) in [7, 11) is 0. The fourth-order valence-electron chi connectivity index (χ4n) is 2.31. The minimum absolute atomic E-state index is 0.0860. The van der Waals surface area contributed by atoms with Crippen molar-refractivity contribution in [1.82, 2.24) is 9.97 Å². The van der Waals surface area contributed by atoms with Crippen LogP contribution in [0.2, 0.25) is 0 Å². The number of hydrogen-bond acceptors (Lipinski definition) is 1. The van der Waals surface area contributed by atoms with Crippen LogP contribution in [-0.4, -0.2) is 9.97 Å². The first-order valence-electron chi connectivity index (χ1n) is 7.59. The molecule has 0 bridgehead atoms. The Labute approximate surface area is 110 Å². The van der Waals surface area contributed by atoms with Crippen LogP contribution in [0.25, 0.3) is 0 Å². The summed E-state index contributed by atoms with van der Waals surface area (Å²) in [5, 5.41) is 0. The molecule has 1 aromatic rings. The molecule has 0 aliphatic rings. The van der Waals surface area contributed by atoms with E-state index in [1.54, 1.807) is 6.20 Å². The van der Waals surface area contributed by atoms with Crippen LogP contribution in [0.1, 0.15) is 76.8 Å². The van der Waals surface area contributed by atoms with Crippen LogP contribution >= 0.6 is 0 Å². The predicted molar refractivity (Wildman–Crippen MR) is 77.0 cm³/mol. The van der Waals surface area contributed by atoms with Crippen molar-refractivity contribution in [3.63, 3.8) is 0 Å². The van der Waals surface area contributed by atoms with Crippen molar-refractivity contribution in [2.45, 2.75) is 77.6 Å². The Morgan fingerprint density at radius 3 is 1.94 bits per heavy atom. The molecule has 0 radical (unpaired) electrons. The third-order valence-corrected chi connectivity index (χ3v) is 3.45. The summed E-state index contributed by atoms with van der Waals surface area (Å²) in [6, 6.07) is 0. The van der Waals surface area contributed by atoms with E-state index in [1.807, 2.05) is 0 Å². The minimum atomic E-state index is -0.0860. The van der Waals surface area contributed by atoms with Gasteiger partial charge < -0.3 is 9.97 Å². The molecule has 0 amide bonds. The molecule has 0 saturated carbocycles. The van der Waals surface area contributed by atoms with Crippen molar-refractivity contribution in [3.8, 4) is 0 Å². The molecule has 0 unspecified atom stereocenters. The zero-order valence-electron chi connectivity index (χ0n) is 11.8. The monoisotopic (exact) mass is 252 g/mol. The summed E-state index contributed by atoms with van der Waals surface area (Å²) in [5.41, 5.74) is 0.955. The molecular formula is C15H28N2O. The van der Waals surface area contributed by atoms with Gasteiger partial charge in [0.15, 0.2) is 0 Å². The van der Waals surface area contributed by atoms with Crippen LogP contribution in [0.5, 0.6) is 0 Å². The Hall–Kier alpha value is -0.990. The molecule has 0 aliphatic carbocycles. The zero-order chi connectivity index (χ0) is 13.1. The Morgan fingerprint density at radius 2 is 1.44 bits per heavy atom. The summed E-state index contributed by atoms with van der Waals surface area (Å²) in [5.74, 6) is 0. The topological polar surface area (TPSA) is 48.6 Å². The maximum Gasteiger partial charge on any atom is 0.323 e. The SMILES string of the molecule is CCCCCCCCCCCCc1c[nH]c(=O)[nH]1. The first-order chi connectivity index (χ1) is 8.83. The van der Waals surface area contributed by atoms with Crippen LogP contribution in [0.4, 0.5) is 0 Å². The lowest BCUT2D eigenvalue weighted by molar-refractivity contribution is 0.555. The molecule has 0 aliphatic heterocycles. The number of rotatable bonds is 11. The van der Waals surface area contributed by atoms with E-state index in [9.17, 15) is 4.79 Å². The average molecular weight is 252 g/mol. The lowest BCUT2D eigenvalue weighted by atomic mass is 10.1. The van der Waals surface area contributed by atoms with Gasteiger partial charge in [-0.3, -0.25) is 0 Å². The number of imidazole rings is 1. The largest absolute Gasteiger partial charge is 0.323 e. The second kappa shape index (κ2) is 9.98. The third kappa shape index (κ3) is 7.36. The molecule has 3 nitrogen and oxygen atoms in total. The van der Waals surface area contributed by atoms with E-state index >= 15 is 0 Å². The van der Waals surface area contributed by atoms with E-state index in [-0.39, 0.29) is 5.69 Å². The van der Waals surface area contributed by atoms with Gasteiger partial charge in [0.2, 0.25) is 0 Å². The van der Waals surface area contributed by atoms with Crippen molar-refractivity contribution >= 4 is 0 Å². The molecule has 1 aromatic heterocycles. The molecular weight excluding hydrogens is 224 g/mol. The number of H-pyrrole nitrogens is 2. The van der Waals surface area contributed by atoms with Gasteiger partial charge in [-0.1, -0.05) is 64.7 Å². The summed E-state index contributed by atoms with van der Waals surface area (Å²) >= 11 is 0. The normalized spacial score (nSPS) is 10.9. The number of nitrogens with one attached hydrogen (secondary N) is 2. The molecule has 0 aromatic carbocycles. The van der Waals surface area contributed by atoms with Gasteiger partial charge in [0.25, 0.3) is 0 Å². The van der Waals surface area contributed by atoms with Crippen molar-refractivity contribution < 1.29 is 0 Å². The lowest BCUT2D eigenvalue weighted by Crippen LogP contribution is -2.01. The van der Waals surface area contributed by atoms with Crippen molar-refractivity contribution in [2.24, 2.45) is 0 Å². The first-order valence-corrected chi connectivity index (χ1v) is 7.59. The molecule has 0 saturated heterocycles. The van der Waals surface area contributed by atoms with Crippen LogP contribution in [-0.2, 0) is 6.42 Å². The number of aromatic nitrogens is 2. The van der Waals surface area contributed by atoms with Gasteiger partial charge in [-0.25, -0.2) is 4.79 Å². The van der Waals surface area contributed by atoms with Gasteiger partial charge in [0.05, 0.1) is 0 Å². The van der Waals surface area contributed by atoms with E-state index in [0.717, 1.165) is 12.1 Å². The third-order valence-electron chi connectivity index (χ3n) is 3.45. The summed E-state index contributed by atoms with van der Waals surface area (Å²) in [6.45, 7) is 2.26. The quantitative estimate of drug-likeness (QED) is 0.571. The van der Waals surface area contributed by atoms with Crippen LogP contribution in [0.3, 0.4) is 0 Å². The molecule has 104 valence electrons. The molecule has 1 rings (SSSR count). The molecule has 0 atom stereocenters. The molecule has 0 spiro atoms. The van der Waals surface area contributed by atoms with Crippen molar-refractivity contribution in [1.29, 1.82) is 0 Å². The summed E-state index contributed by atoms with van der Waals surface area (Å²) in [4.78, 5) is 16.3. The van der Waals surface area contributed by atoms with E-state index in [4.69, 9.17) is 0 Å².